The second kappa shape index (κ2) is 6.77. The molecule has 19 heavy (non-hydrogen) atoms. The SMILES string of the molecule is CN(C)CCCN1C(=O)CS[C@@H]1c1ccc(Br)cc1. The minimum atomic E-state index is 0.183. The maximum absolute atomic E-state index is 12.0. The Balaban J connectivity index is 2.02. The van der Waals surface area contributed by atoms with E-state index in [9.17, 15) is 4.79 Å². The maximum Gasteiger partial charge on any atom is 0.233 e. The van der Waals surface area contributed by atoms with Gasteiger partial charge >= 0.3 is 0 Å². The van der Waals surface area contributed by atoms with Gasteiger partial charge in [0, 0.05) is 11.0 Å². The van der Waals surface area contributed by atoms with E-state index >= 15 is 0 Å². The molecule has 5 heteroatoms. The molecule has 1 aliphatic heterocycles. The summed E-state index contributed by atoms with van der Waals surface area (Å²) in [5, 5.41) is 0.183. The van der Waals surface area contributed by atoms with Gasteiger partial charge in [-0.3, -0.25) is 4.79 Å². The number of hydrogen-bond acceptors (Lipinski definition) is 3. The summed E-state index contributed by atoms with van der Waals surface area (Å²) in [4.78, 5) is 16.1. The molecule has 1 heterocycles. The maximum atomic E-state index is 12.0. The third kappa shape index (κ3) is 3.97. The zero-order valence-electron chi connectivity index (χ0n) is 11.3. The van der Waals surface area contributed by atoms with E-state index in [1.54, 1.807) is 11.8 Å². The molecule has 0 aliphatic carbocycles. The van der Waals surface area contributed by atoms with Gasteiger partial charge in [0.15, 0.2) is 0 Å². The minimum absolute atomic E-state index is 0.183. The van der Waals surface area contributed by atoms with Crippen molar-refractivity contribution in [1.82, 2.24) is 9.80 Å². The number of carbonyl (C=O) groups excluding carboxylic acids is 1. The number of benzene rings is 1. The van der Waals surface area contributed by atoms with Gasteiger partial charge in [0.2, 0.25) is 5.91 Å². The van der Waals surface area contributed by atoms with Crippen molar-refractivity contribution in [3.05, 3.63) is 34.3 Å². The number of rotatable bonds is 5. The van der Waals surface area contributed by atoms with Gasteiger partial charge in [-0.25, -0.2) is 0 Å². The largest absolute Gasteiger partial charge is 0.326 e. The lowest BCUT2D eigenvalue weighted by Gasteiger charge is -2.25. The van der Waals surface area contributed by atoms with E-state index in [4.69, 9.17) is 0 Å². The quantitative estimate of drug-likeness (QED) is 0.821. The standard InChI is InChI=1S/C14H19BrN2OS/c1-16(2)8-3-9-17-13(18)10-19-14(17)11-4-6-12(15)7-5-11/h4-7,14H,3,8-10H2,1-2H3/t14-/m1/s1. The molecule has 1 atom stereocenters. The average Bonchev–Trinajstić information content (AvgIpc) is 2.72. The summed E-state index contributed by atoms with van der Waals surface area (Å²) in [5.74, 6) is 0.861. The van der Waals surface area contributed by atoms with Crippen molar-refractivity contribution >= 4 is 33.6 Å². The highest BCUT2D eigenvalue weighted by molar-refractivity contribution is 9.10. The Morgan fingerprint density at radius 1 is 1.37 bits per heavy atom. The monoisotopic (exact) mass is 342 g/mol. The van der Waals surface area contributed by atoms with Crippen LogP contribution in [0.25, 0.3) is 0 Å². The van der Waals surface area contributed by atoms with Crippen LogP contribution in [0.4, 0.5) is 0 Å². The molecular formula is C14H19BrN2OS. The summed E-state index contributed by atoms with van der Waals surface area (Å²) >= 11 is 5.17. The summed E-state index contributed by atoms with van der Waals surface area (Å²) in [6.07, 6.45) is 1.02. The smallest absolute Gasteiger partial charge is 0.233 e. The van der Waals surface area contributed by atoms with Crippen LogP contribution in [-0.4, -0.2) is 48.6 Å². The number of thioether (sulfide) groups is 1. The molecule has 104 valence electrons. The molecule has 1 aromatic rings. The lowest BCUT2D eigenvalue weighted by Crippen LogP contribution is -2.31. The molecule has 3 nitrogen and oxygen atoms in total. The fraction of sp³-hybridized carbons (Fsp3) is 0.500. The molecule has 1 saturated heterocycles. The number of carbonyl (C=O) groups is 1. The van der Waals surface area contributed by atoms with Gasteiger partial charge in [0.1, 0.15) is 5.37 Å². The highest BCUT2D eigenvalue weighted by atomic mass is 79.9. The third-order valence-electron chi connectivity index (χ3n) is 3.13. The fourth-order valence-corrected chi connectivity index (χ4v) is 3.64. The first-order valence-electron chi connectivity index (χ1n) is 6.39. The molecule has 1 fully saturated rings. The Hall–Kier alpha value is -0.520. The van der Waals surface area contributed by atoms with Crippen molar-refractivity contribution in [2.75, 3.05) is 32.9 Å². The zero-order valence-corrected chi connectivity index (χ0v) is 13.7. The van der Waals surface area contributed by atoms with E-state index in [1.807, 2.05) is 17.0 Å². The minimum Gasteiger partial charge on any atom is -0.326 e. The second-order valence-electron chi connectivity index (χ2n) is 4.96. The summed E-state index contributed by atoms with van der Waals surface area (Å²) in [6, 6.07) is 8.27. The van der Waals surface area contributed by atoms with Crippen LogP contribution in [0.3, 0.4) is 0 Å². The predicted molar refractivity (Wildman–Crippen MR) is 84.2 cm³/mol. The number of hydrogen-bond donors (Lipinski definition) is 0. The van der Waals surface area contributed by atoms with Crippen molar-refractivity contribution in [1.29, 1.82) is 0 Å². The highest BCUT2D eigenvalue weighted by Gasteiger charge is 2.32. The topological polar surface area (TPSA) is 23.6 Å². The Bertz CT molecular complexity index is 436. The van der Waals surface area contributed by atoms with Gasteiger partial charge < -0.3 is 9.80 Å². The van der Waals surface area contributed by atoms with E-state index in [1.165, 1.54) is 5.56 Å². The molecule has 0 aromatic heterocycles. The zero-order chi connectivity index (χ0) is 13.8. The van der Waals surface area contributed by atoms with Crippen LogP contribution in [0.15, 0.2) is 28.7 Å². The van der Waals surface area contributed by atoms with E-state index in [0.29, 0.717) is 5.75 Å². The van der Waals surface area contributed by atoms with Gasteiger partial charge in [-0.1, -0.05) is 28.1 Å². The first kappa shape index (κ1) is 14.9. The van der Waals surface area contributed by atoms with E-state index in [0.717, 1.165) is 24.0 Å². The van der Waals surface area contributed by atoms with Gasteiger partial charge in [-0.2, -0.15) is 0 Å². The summed E-state index contributed by atoms with van der Waals surface area (Å²) < 4.78 is 1.07. The van der Waals surface area contributed by atoms with Crippen LogP contribution in [0.2, 0.25) is 0 Å². The van der Waals surface area contributed by atoms with E-state index in [-0.39, 0.29) is 11.3 Å². The van der Waals surface area contributed by atoms with Crippen LogP contribution in [0.1, 0.15) is 17.4 Å². The Morgan fingerprint density at radius 3 is 2.68 bits per heavy atom. The summed E-state index contributed by atoms with van der Waals surface area (Å²) in [7, 11) is 4.12. The Morgan fingerprint density at radius 2 is 2.05 bits per heavy atom. The molecule has 0 saturated carbocycles. The van der Waals surface area contributed by atoms with Crippen LogP contribution in [0, 0.1) is 0 Å². The molecule has 0 bridgehead atoms. The van der Waals surface area contributed by atoms with Crippen LogP contribution >= 0.6 is 27.7 Å². The number of amides is 1. The average molecular weight is 343 g/mol. The molecule has 0 radical (unpaired) electrons. The fourth-order valence-electron chi connectivity index (χ4n) is 2.16. The normalized spacial score (nSPS) is 19.5. The predicted octanol–water partition coefficient (Wildman–Crippen LogP) is 2.97. The van der Waals surface area contributed by atoms with Gasteiger partial charge in [-0.15, -0.1) is 11.8 Å². The molecule has 0 unspecified atom stereocenters. The van der Waals surface area contributed by atoms with Crippen molar-refractivity contribution in [3.8, 4) is 0 Å². The van der Waals surface area contributed by atoms with Gasteiger partial charge in [0.05, 0.1) is 5.75 Å². The van der Waals surface area contributed by atoms with Gasteiger partial charge in [0.25, 0.3) is 0 Å². The lowest BCUT2D eigenvalue weighted by atomic mass is 10.2. The van der Waals surface area contributed by atoms with Gasteiger partial charge in [-0.05, 0) is 44.8 Å². The van der Waals surface area contributed by atoms with E-state index < -0.39 is 0 Å². The number of nitrogens with zero attached hydrogens (tertiary/aromatic N) is 2. The van der Waals surface area contributed by atoms with Crippen molar-refractivity contribution in [3.63, 3.8) is 0 Å². The third-order valence-corrected chi connectivity index (χ3v) is 4.91. The Labute approximate surface area is 127 Å². The molecule has 0 spiro atoms. The van der Waals surface area contributed by atoms with Crippen LogP contribution in [-0.2, 0) is 4.79 Å². The first-order chi connectivity index (χ1) is 9.08. The molecular weight excluding hydrogens is 324 g/mol. The molecule has 0 N–H and O–H groups in total. The lowest BCUT2D eigenvalue weighted by molar-refractivity contribution is -0.128. The first-order valence-corrected chi connectivity index (χ1v) is 8.23. The summed E-state index contributed by atoms with van der Waals surface area (Å²) in [5.41, 5.74) is 1.21. The molecule has 1 aliphatic rings. The molecule has 1 amide bonds. The van der Waals surface area contributed by atoms with Crippen LogP contribution in [0.5, 0.6) is 0 Å². The van der Waals surface area contributed by atoms with Crippen molar-refractivity contribution in [2.45, 2.75) is 11.8 Å². The summed E-state index contributed by atoms with van der Waals surface area (Å²) in [6.45, 7) is 1.85. The highest BCUT2D eigenvalue weighted by Crippen LogP contribution is 2.38. The molecule has 2 rings (SSSR count). The molecule has 1 aromatic carbocycles. The van der Waals surface area contributed by atoms with Crippen molar-refractivity contribution < 1.29 is 4.79 Å². The van der Waals surface area contributed by atoms with Crippen LogP contribution < -0.4 is 0 Å². The second-order valence-corrected chi connectivity index (χ2v) is 6.94. The van der Waals surface area contributed by atoms with Crippen molar-refractivity contribution in [2.24, 2.45) is 0 Å². The Kier molecular flexibility index (Phi) is 5.30. The number of halogens is 1. The van der Waals surface area contributed by atoms with E-state index in [2.05, 4.69) is 47.1 Å².